The second-order valence-corrected chi connectivity index (χ2v) is 3.89. The highest BCUT2D eigenvalue weighted by molar-refractivity contribution is 9.10. The zero-order valence-corrected chi connectivity index (χ0v) is 9.34. The van der Waals surface area contributed by atoms with E-state index in [1.165, 1.54) is 0 Å². The van der Waals surface area contributed by atoms with E-state index in [2.05, 4.69) is 15.9 Å². The molecule has 1 unspecified atom stereocenters. The first-order valence-corrected chi connectivity index (χ1v) is 4.87. The molecule has 3 heteroatoms. The van der Waals surface area contributed by atoms with Gasteiger partial charge in [0.15, 0.2) is 0 Å². The van der Waals surface area contributed by atoms with Crippen LogP contribution in [0.4, 0.5) is 0 Å². The summed E-state index contributed by atoms with van der Waals surface area (Å²) in [5.74, 6) is 0. The normalized spacial score (nSPS) is 12.9. The molecule has 0 saturated heterocycles. The highest BCUT2D eigenvalue weighted by Gasteiger charge is 2.09. The van der Waals surface area contributed by atoms with Crippen LogP contribution in [0.5, 0.6) is 0 Å². The van der Waals surface area contributed by atoms with Gasteiger partial charge in [0.2, 0.25) is 0 Å². The molecule has 0 spiro atoms. The van der Waals surface area contributed by atoms with Crippen molar-refractivity contribution >= 4 is 15.9 Å². The molecular weight excluding hydrogens is 232 g/mol. The van der Waals surface area contributed by atoms with Crippen molar-refractivity contribution in [2.24, 2.45) is 0 Å². The molecule has 1 N–H and O–H groups in total. The number of hydrogen-bond acceptors (Lipinski definition) is 2. The van der Waals surface area contributed by atoms with Crippen molar-refractivity contribution in [3.8, 4) is 0 Å². The Morgan fingerprint density at radius 3 is 2.77 bits per heavy atom. The van der Waals surface area contributed by atoms with Crippen molar-refractivity contribution in [2.45, 2.75) is 13.0 Å². The molecule has 1 aromatic rings. The molecule has 1 atom stereocenters. The van der Waals surface area contributed by atoms with Crippen LogP contribution >= 0.6 is 15.9 Å². The lowest BCUT2D eigenvalue weighted by Gasteiger charge is -2.12. The Morgan fingerprint density at radius 2 is 2.23 bits per heavy atom. The topological polar surface area (TPSA) is 29.5 Å². The second kappa shape index (κ2) is 4.74. The summed E-state index contributed by atoms with van der Waals surface area (Å²) >= 11 is 3.37. The summed E-state index contributed by atoms with van der Waals surface area (Å²) in [4.78, 5) is 0. The first-order chi connectivity index (χ1) is 6.15. The van der Waals surface area contributed by atoms with Crippen LogP contribution in [-0.2, 0) is 4.74 Å². The molecule has 0 bridgehead atoms. The SMILES string of the molecule is COCC(O)c1ccc(Br)cc1C. The van der Waals surface area contributed by atoms with E-state index in [1.54, 1.807) is 7.11 Å². The summed E-state index contributed by atoms with van der Waals surface area (Å²) in [6, 6.07) is 5.80. The van der Waals surface area contributed by atoms with E-state index in [9.17, 15) is 5.11 Å². The monoisotopic (exact) mass is 244 g/mol. The van der Waals surface area contributed by atoms with Crippen LogP contribution in [0.3, 0.4) is 0 Å². The number of aryl methyl sites for hydroxylation is 1. The van der Waals surface area contributed by atoms with Gasteiger partial charge in [-0.15, -0.1) is 0 Å². The number of hydrogen-bond donors (Lipinski definition) is 1. The minimum atomic E-state index is -0.530. The van der Waals surface area contributed by atoms with E-state index >= 15 is 0 Å². The van der Waals surface area contributed by atoms with Gasteiger partial charge in [-0.05, 0) is 30.2 Å². The largest absolute Gasteiger partial charge is 0.386 e. The maximum absolute atomic E-state index is 9.65. The van der Waals surface area contributed by atoms with Crippen LogP contribution in [0.2, 0.25) is 0 Å². The summed E-state index contributed by atoms with van der Waals surface area (Å²) < 4.78 is 5.91. The lowest BCUT2D eigenvalue weighted by atomic mass is 10.0. The Balaban J connectivity index is 2.88. The average Bonchev–Trinajstić information content (AvgIpc) is 2.04. The zero-order chi connectivity index (χ0) is 9.84. The smallest absolute Gasteiger partial charge is 0.103 e. The quantitative estimate of drug-likeness (QED) is 0.886. The second-order valence-electron chi connectivity index (χ2n) is 2.97. The molecule has 0 aliphatic heterocycles. The molecular formula is C10H13BrO2. The van der Waals surface area contributed by atoms with Gasteiger partial charge in [-0.1, -0.05) is 22.0 Å². The predicted molar refractivity (Wildman–Crippen MR) is 55.7 cm³/mol. The standard InChI is InChI=1S/C10H13BrO2/c1-7-5-8(11)3-4-9(7)10(12)6-13-2/h3-5,10,12H,6H2,1-2H3. The zero-order valence-electron chi connectivity index (χ0n) is 7.75. The van der Waals surface area contributed by atoms with Gasteiger partial charge in [-0.25, -0.2) is 0 Å². The van der Waals surface area contributed by atoms with E-state index in [-0.39, 0.29) is 0 Å². The number of aliphatic hydroxyl groups excluding tert-OH is 1. The van der Waals surface area contributed by atoms with E-state index in [0.29, 0.717) is 6.61 Å². The number of benzene rings is 1. The molecule has 0 aliphatic carbocycles. The van der Waals surface area contributed by atoms with Gasteiger partial charge in [0.25, 0.3) is 0 Å². The Labute approximate surface area is 86.7 Å². The van der Waals surface area contributed by atoms with Gasteiger partial charge >= 0.3 is 0 Å². The van der Waals surface area contributed by atoms with Gasteiger partial charge in [0.1, 0.15) is 6.10 Å². The van der Waals surface area contributed by atoms with Crippen molar-refractivity contribution in [2.75, 3.05) is 13.7 Å². The van der Waals surface area contributed by atoms with Crippen molar-refractivity contribution in [1.82, 2.24) is 0 Å². The summed E-state index contributed by atoms with van der Waals surface area (Å²) in [5.41, 5.74) is 1.99. The Kier molecular flexibility index (Phi) is 3.90. The third-order valence-electron chi connectivity index (χ3n) is 1.92. The Morgan fingerprint density at radius 1 is 1.54 bits per heavy atom. The molecule has 0 aromatic heterocycles. The molecule has 0 saturated carbocycles. The molecule has 0 aliphatic rings. The van der Waals surface area contributed by atoms with Crippen LogP contribution in [0.15, 0.2) is 22.7 Å². The van der Waals surface area contributed by atoms with E-state index < -0.39 is 6.10 Å². The van der Waals surface area contributed by atoms with Crippen molar-refractivity contribution in [3.05, 3.63) is 33.8 Å². The Hall–Kier alpha value is -0.380. The van der Waals surface area contributed by atoms with E-state index in [4.69, 9.17) is 4.74 Å². The van der Waals surface area contributed by atoms with Crippen LogP contribution in [0.25, 0.3) is 0 Å². The molecule has 2 nitrogen and oxygen atoms in total. The van der Waals surface area contributed by atoms with Crippen LogP contribution in [0.1, 0.15) is 17.2 Å². The fourth-order valence-electron chi connectivity index (χ4n) is 1.26. The molecule has 0 radical (unpaired) electrons. The maximum Gasteiger partial charge on any atom is 0.103 e. The molecule has 1 aromatic carbocycles. The first-order valence-electron chi connectivity index (χ1n) is 4.08. The molecule has 0 fully saturated rings. The molecule has 72 valence electrons. The highest BCUT2D eigenvalue weighted by atomic mass is 79.9. The lowest BCUT2D eigenvalue weighted by molar-refractivity contribution is 0.0640. The molecule has 0 heterocycles. The predicted octanol–water partition coefficient (Wildman–Crippen LogP) is 2.44. The summed E-state index contributed by atoms with van der Waals surface area (Å²) in [6.07, 6.45) is -0.530. The minimum Gasteiger partial charge on any atom is -0.386 e. The summed E-state index contributed by atoms with van der Waals surface area (Å²) in [5, 5.41) is 9.65. The third-order valence-corrected chi connectivity index (χ3v) is 2.41. The van der Waals surface area contributed by atoms with Crippen LogP contribution < -0.4 is 0 Å². The van der Waals surface area contributed by atoms with Gasteiger partial charge in [-0.2, -0.15) is 0 Å². The number of ether oxygens (including phenoxy) is 1. The average molecular weight is 245 g/mol. The van der Waals surface area contributed by atoms with Crippen molar-refractivity contribution in [1.29, 1.82) is 0 Å². The van der Waals surface area contributed by atoms with Gasteiger partial charge in [0.05, 0.1) is 6.61 Å². The summed E-state index contributed by atoms with van der Waals surface area (Å²) in [7, 11) is 1.58. The molecule has 0 amide bonds. The number of methoxy groups -OCH3 is 1. The first kappa shape index (κ1) is 10.7. The highest BCUT2D eigenvalue weighted by Crippen LogP contribution is 2.21. The molecule has 1 rings (SSSR count). The van der Waals surface area contributed by atoms with Crippen LogP contribution in [-0.4, -0.2) is 18.8 Å². The van der Waals surface area contributed by atoms with E-state index in [1.807, 2.05) is 25.1 Å². The number of halogens is 1. The van der Waals surface area contributed by atoms with Gasteiger partial charge < -0.3 is 9.84 Å². The fourth-order valence-corrected chi connectivity index (χ4v) is 1.74. The van der Waals surface area contributed by atoms with Crippen molar-refractivity contribution < 1.29 is 9.84 Å². The third kappa shape index (κ3) is 2.79. The summed E-state index contributed by atoms with van der Waals surface area (Å²) in [6.45, 7) is 2.31. The minimum absolute atomic E-state index is 0.336. The van der Waals surface area contributed by atoms with Gasteiger partial charge in [-0.3, -0.25) is 0 Å². The number of rotatable bonds is 3. The van der Waals surface area contributed by atoms with Crippen molar-refractivity contribution in [3.63, 3.8) is 0 Å². The maximum atomic E-state index is 9.65. The van der Waals surface area contributed by atoms with E-state index in [0.717, 1.165) is 15.6 Å². The fraction of sp³-hybridized carbons (Fsp3) is 0.400. The Bertz CT molecular complexity index is 286. The number of aliphatic hydroxyl groups is 1. The van der Waals surface area contributed by atoms with Gasteiger partial charge in [0, 0.05) is 11.6 Å². The lowest BCUT2D eigenvalue weighted by Crippen LogP contribution is -2.06. The molecule has 13 heavy (non-hydrogen) atoms. The van der Waals surface area contributed by atoms with Crippen LogP contribution in [0, 0.1) is 6.92 Å².